The Morgan fingerprint density at radius 2 is 2.00 bits per heavy atom. The summed E-state index contributed by atoms with van der Waals surface area (Å²) in [6, 6.07) is 4.34. The zero-order chi connectivity index (χ0) is 19.8. The Labute approximate surface area is 157 Å². The number of halogens is 4. The number of ether oxygens (including phenoxy) is 1. The maximum Gasteiger partial charge on any atom is 0.417 e. The van der Waals surface area contributed by atoms with Crippen LogP contribution in [0.25, 0.3) is 0 Å². The standard InChI is InChI=1S/C18H16ClF3N2O3/c1-27-14-9-15(25)24-7-3-2-4-13(24)16(14)17(26)23-10-5-6-12(19)11(8-10)18(20,21)22/h5-6,8-9H,2-4,7H2,1H3,(H,23,26). The second-order valence-corrected chi connectivity index (χ2v) is 6.54. The molecule has 0 atom stereocenters. The molecular weight excluding hydrogens is 385 g/mol. The van der Waals surface area contributed by atoms with E-state index < -0.39 is 22.7 Å². The molecule has 0 aliphatic carbocycles. The van der Waals surface area contributed by atoms with Gasteiger partial charge in [-0.05, 0) is 37.5 Å². The van der Waals surface area contributed by atoms with E-state index in [9.17, 15) is 22.8 Å². The molecule has 1 aromatic heterocycles. The minimum Gasteiger partial charge on any atom is -0.496 e. The number of rotatable bonds is 3. The van der Waals surface area contributed by atoms with Gasteiger partial charge in [-0.25, -0.2) is 0 Å². The highest BCUT2D eigenvalue weighted by Crippen LogP contribution is 2.36. The van der Waals surface area contributed by atoms with E-state index in [4.69, 9.17) is 16.3 Å². The number of nitrogens with zero attached hydrogens (tertiary/aromatic N) is 1. The van der Waals surface area contributed by atoms with Gasteiger partial charge < -0.3 is 14.6 Å². The molecule has 1 aliphatic heterocycles. The summed E-state index contributed by atoms with van der Waals surface area (Å²) in [6.45, 7) is 0.484. The number of methoxy groups -OCH3 is 1. The van der Waals surface area contributed by atoms with E-state index in [-0.39, 0.29) is 22.6 Å². The van der Waals surface area contributed by atoms with Gasteiger partial charge in [-0.2, -0.15) is 13.2 Å². The molecule has 2 heterocycles. The number of benzene rings is 1. The second-order valence-electron chi connectivity index (χ2n) is 6.13. The van der Waals surface area contributed by atoms with Gasteiger partial charge in [0.25, 0.3) is 11.5 Å². The van der Waals surface area contributed by atoms with E-state index in [1.54, 1.807) is 0 Å². The van der Waals surface area contributed by atoms with E-state index in [2.05, 4.69) is 5.32 Å². The Balaban J connectivity index is 2.02. The van der Waals surface area contributed by atoms with Crippen LogP contribution in [0.15, 0.2) is 29.1 Å². The fourth-order valence-electron chi connectivity index (χ4n) is 3.16. The van der Waals surface area contributed by atoms with Crippen LogP contribution < -0.4 is 15.6 Å². The second kappa shape index (κ2) is 7.26. The normalized spacial score (nSPS) is 13.8. The van der Waals surface area contributed by atoms with E-state index in [1.807, 2.05) is 0 Å². The highest BCUT2D eigenvalue weighted by atomic mass is 35.5. The number of nitrogens with one attached hydrogen (secondary N) is 1. The molecule has 1 amide bonds. The number of anilines is 1. The Bertz CT molecular complexity index is 954. The van der Waals surface area contributed by atoms with Crippen LogP contribution in [-0.2, 0) is 19.1 Å². The lowest BCUT2D eigenvalue weighted by Crippen LogP contribution is -2.30. The summed E-state index contributed by atoms with van der Waals surface area (Å²) in [5, 5.41) is 1.99. The zero-order valence-corrected chi connectivity index (χ0v) is 15.1. The van der Waals surface area contributed by atoms with Crippen LogP contribution in [0.1, 0.15) is 34.5 Å². The van der Waals surface area contributed by atoms with Crippen molar-refractivity contribution in [3.05, 3.63) is 56.5 Å². The molecule has 0 unspecified atom stereocenters. The molecule has 0 saturated heterocycles. The predicted octanol–water partition coefficient (Wildman–Crippen LogP) is 4.12. The number of amides is 1. The maximum absolute atomic E-state index is 13.0. The van der Waals surface area contributed by atoms with Crippen LogP contribution in [0.3, 0.4) is 0 Å². The molecule has 2 aromatic rings. The van der Waals surface area contributed by atoms with Gasteiger partial charge in [-0.3, -0.25) is 9.59 Å². The molecule has 27 heavy (non-hydrogen) atoms. The summed E-state index contributed by atoms with van der Waals surface area (Å²) >= 11 is 5.60. The Hall–Kier alpha value is -2.48. The van der Waals surface area contributed by atoms with Crippen LogP contribution in [0.4, 0.5) is 18.9 Å². The summed E-state index contributed by atoms with van der Waals surface area (Å²) in [7, 11) is 1.33. The lowest BCUT2D eigenvalue weighted by atomic mass is 10.0. The minimum absolute atomic E-state index is 0.0560. The molecule has 1 aromatic carbocycles. The van der Waals surface area contributed by atoms with Gasteiger partial charge in [-0.1, -0.05) is 11.6 Å². The molecule has 0 spiro atoms. The highest BCUT2D eigenvalue weighted by Gasteiger charge is 2.33. The van der Waals surface area contributed by atoms with Crippen molar-refractivity contribution in [2.24, 2.45) is 0 Å². The van der Waals surface area contributed by atoms with Crippen molar-refractivity contribution < 1.29 is 22.7 Å². The average molecular weight is 401 g/mol. The monoisotopic (exact) mass is 400 g/mol. The van der Waals surface area contributed by atoms with Gasteiger partial charge in [0.1, 0.15) is 11.3 Å². The number of carbonyl (C=O) groups is 1. The van der Waals surface area contributed by atoms with Crippen molar-refractivity contribution in [1.82, 2.24) is 4.57 Å². The third-order valence-electron chi connectivity index (χ3n) is 4.40. The smallest absolute Gasteiger partial charge is 0.417 e. The van der Waals surface area contributed by atoms with Crippen LogP contribution in [0.5, 0.6) is 5.75 Å². The highest BCUT2D eigenvalue weighted by molar-refractivity contribution is 6.31. The van der Waals surface area contributed by atoms with E-state index >= 15 is 0 Å². The van der Waals surface area contributed by atoms with Crippen molar-refractivity contribution in [2.75, 3.05) is 12.4 Å². The topological polar surface area (TPSA) is 60.3 Å². The first kappa shape index (κ1) is 19.3. The number of fused-ring (bicyclic) bond motifs is 1. The lowest BCUT2D eigenvalue weighted by molar-refractivity contribution is -0.137. The Morgan fingerprint density at radius 1 is 1.26 bits per heavy atom. The third kappa shape index (κ3) is 3.80. The molecule has 0 saturated carbocycles. The zero-order valence-electron chi connectivity index (χ0n) is 14.3. The molecule has 1 N–H and O–H groups in total. The molecule has 0 radical (unpaired) electrons. The van der Waals surface area contributed by atoms with E-state index in [0.717, 1.165) is 25.0 Å². The van der Waals surface area contributed by atoms with Gasteiger partial charge in [0.2, 0.25) is 0 Å². The number of hydrogen-bond donors (Lipinski definition) is 1. The molecule has 144 valence electrons. The minimum atomic E-state index is -4.64. The Morgan fingerprint density at radius 3 is 2.67 bits per heavy atom. The fourth-order valence-corrected chi connectivity index (χ4v) is 3.38. The number of aromatic nitrogens is 1. The summed E-state index contributed by atoms with van der Waals surface area (Å²) in [5.74, 6) is -0.552. The molecular formula is C18H16ClF3N2O3. The fraction of sp³-hybridized carbons (Fsp3) is 0.333. The average Bonchev–Trinajstić information content (AvgIpc) is 2.62. The van der Waals surface area contributed by atoms with Gasteiger partial charge in [0.15, 0.2) is 0 Å². The number of pyridine rings is 1. The first-order valence-corrected chi connectivity index (χ1v) is 8.59. The van der Waals surface area contributed by atoms with Gasteiger partial charge >= 0.3 is 6.18 Å². The van der Waals surface area contributed by atoms with Gasteiger partial charge in [0.05, 0.1) is 17.7 Å². The van der Waals surface area contributed by atoms with Crippen LogP contribution in [0.2, 0.25) is 5.02 Å². The summed E-state index contributed by atoms with van der Waals surface area (Å²) in [6.07, 6.45) is -2.53. The van der Waals surface area contributed by atoms with Crippen LogP contribution in [-0.4, -0.2) is 17.6 Å². The SMILES string of the molecule is COc1cc(=O)n2c(c1C(=O)Nc1ccc(Cl)c(C(F)(F)F)c1)CCCC2. The molecule has 3 rings (SSSR count). The predicted molar refractivity (Wildman–Crippen MR) is 94.6 cm³/mol. The van der Waals surface area contributed by atoms with Crippen molar-refractivity contribution in [1.29, 1.82) is 0 Å². The van der Waals surface area contributed by atoms with Crippen LogP contribution >= 0.6 is 11.6 Å². The van der Waals surface area contributed by atoms with Crippen molar-refractivity contribution in [3.63, 3.8) is 0 Å². The van der Waals surface area contributed by atoms with Gasteiger partial charge in [0, 0.05) is 24.0 Å². The first-order valence-electron chi connectivity index (χ1n) is 8.21. The van der Waals surface area contributed by atoms with Crippen molar-refractivity contribution in [2.45, 2.75) is 32.0 Å². The summed E-state index contributed by atoms with van der Waals surface area (Å²) < 4.78 is 45.7. The number of alkyl halides is 3. The number of carbonyl (C=O) groups excluding carboxylic acids is 1. The van der Waals surface area contributed by atoms with E-state index in [1.165, 1.54) is 23.8 Å². The maximum atomic E-state index is 13.0. The Kier molecular flexibility index (Phi) is 5.19. The van der Waals surface area contributed by atoms with E-state index in [0.29, 0.717) is 18.7 Å². The lowest BCUT2D eigenvalue weighted by Gasteiger charge is -2.22. The molecule has 0 fully saturated rings. The van der Waals surface area contributed by atoms with Crippen LogP contribution in [0, 0.1) is 0 Å². The molecule has 9 heteroatoms. The molecule has 1 aliphatic rings. The molecule has 0 bridgehead atoms. The third-order valence-corrected chi connectivity index (χ3v) is 4.73. The first-order chi connectivity index (χ1) is 12.7. The van der Waals surface area contributed by atoms with Gasteiger partial charge in [-0.15, -0.1) is 0 Å². The largest absolute Gasteiger partial charge is 0.496 e. The van der Waals surface area contributed by atoms with Crippen molar-refractivity contribution >= 4 is 23.2 Å². The van der Waals surface area contributed by atoms with Crippen molar-refractivity contribution in [3.8, 4) is 5.75 Å². The molecule has 5 nitrogen and oxygen atoms in total. The quantitative estimate of drug-likeness (QED) is 0.843. The summed E-state index contributed by atoms with van der Waals surface area (Å²) in [5.41, 5.74) is -0.697. The number of hydrogen-bond acceptors (Lipinski definition) is 3. The summed E-state index contributed by atoms with van der Waals surface area (Å²) in [4.78, 5) is 25.0.